The predicted octanol–water partition coefficient (Wildman–Crippen LogP) is 13.9. The molecular formula is C58H53N7OPt+2. The Hall–Kier alpha value is -6.85. The molecule has 0 saturated carbocycles. The molecule has 334 valence electrons. The van der Waals surface area contributed by atoms with Crippen molar-refractivity contribution in [3.05, 3.63) is 168 Å². The molecular weight excluding hydrogens is 1010 g/mol. The zero-order chi connectivity index (χ0) is 46.1. The number of aromatic nitrogens is 5. The zero-order valence-corrected chi connectivity index (χ0v) is 41.9. The van der Waals surface area contributed by atoms with Gasteiger partial charge in [0, 0.05) is 46.5 Å². The Bertz CT molecular complexity index is 3360. The first-order chi connectivity index (χ1) is 31.5. The Morgan fingerprint density at radius 3 is 1.78 bits per heavy atom. The standard InChI is InChI=1S/C58H53N7O.Pt/c1-56(2,3)39-26-22-37(23-27-39)53-60-54(38-24-28-40(29-25-38)57(4,5)6)62-55(61-53)46-34-45-44-18-11-12-19-47(44)65(52-32-41(30-31-59-52)58(7,8)9)50(45)35-51(46)66-43-17-15-16-42(33-43)64-36-63(10)48-20-13-14-21-49(48)64;/h11-32,34H,1-10H3;/q;+2. The van der Waals surface area contributed by atoms with Gasteiger partial charge in [-0.05, 0) is 62.1 Å². The molecule has 1 aliphatic heterocycles. The minimum absolute atomic E-state index is 0. The zero-order valence-electron chi connectivity index (χ0n) is 39.6. The van der Waals surface area contributed by atoms with Gasteiger partial charge in [-0.1, -0.05) is 168 Å². The third-order valence-electron chi connectivity index (χ3n) is 12.4. The predicted molar refractivity (Wildman–Crippen MR) is 267 cm³/mol. The van der Waals surface area contributed by atoms with Crippen molar-refractivity contribution in [3.63, 3.8) is 0 Å². The molecule has 0 atom stereocenters. The summed E-state index contributed by atoms with van der Waals surface area (Å²) in [5.74, 6) is 3.31. The fraction of sp³-hybridized carbons (Fsp3) is 0.224. The van der Waals surface area contributed by atoms with E-state index < -0.39 is 0 Å². The van der Waals surface area contributed by atoms with Crippen molar-refractivity contribution in [3.8, 4) is 51.5 Å². The van der Waals surface area contributed by atoms with Gasteiger partial charge in [0.25, 0.3) is 11.4 Å². The molecule has 0 unspecified atom stereocenters. The third kappa shape index (κ3) is 8.68. The van der Waals surface area contributed by atoms with E-state index >= 15 is 0 Å². The van der Waals surface area contributed by atoms with Gasteiger partial charge >= 0.3 is 27.1 Å². The van der Waals surface area contributed by atoms with Crippen LogP contribution >= 0.6 is 0 Å². The average Bonchev–Trinajstić information content (AvgIpc) is 3.81. The fourth-order valence-electron chi connectivity index (χ4n) is 8.52. The molecule has 6 aromatic carbocycles. The molecule has 0 fully saturated rings. The van der Waals surface area contributed by atoms with Crippen LogP contribution in [-0.4, -0.2) is 42.1 Å². The smallest absolute Gasteiger partial charge is 0.508 e. The van der Waals surface area contributed by atoms with Gasteiger partial charge in [-0.25, -0.2) is 19.9 Å². The average molecular weight is 1060 g/mol. The topological polar surface area (TPSA) is 71.7 Å². The molecule has 0 radical (unpaired) electrons. The quantitative estimate of drug-likeness (QED) is 0.117. The van der Waals surface area contributed by atoms with E-state index in [0.717, 1.165) is 55.8 Å². The van der Waals surface area contributed by atoms with Crippen LogP contribution in [0, 0.1) is 12.1 Å². The molecule has 8 nitrogen and oxygen atoms in total. The number of hydrogen-bond acceptors (Lipinski definition) is 5. The Morgan fingerprint density at radius 2 is 1.15 bits per heavy atom. The second-order valence-corrected chi connectivity index (χ2v) is 20.2. The van der Waals surface area contributed by atoms with Gasteiger partial charge < -0.3 is 9.30 Å². The maximum absolute atomic E-state index is 7.04. The molecule has 1 aliphatic rings. The van der Waals surface area contributed by atoms with Gasteiger partial charge in [0.2, 0.25) is 0 Å². The number of ether oxygens (including phenoxy) is 1. The van der Waals surface area contributed by atoms with Gasteiger partial charge in [0.1, 0.15) is 17.3 Å². The van der Waals surface area contributed by atoms with Gasteiger partial charge in [-0.15, -0.1) is 23.6 Å². The van der Waals surface area contributed by atoms with Crippen LogP contribution in [0.3, 0.4) is 0 Å². The maximum atomic E-state index is 7.04. The van der Waals surface area contributed by atoms with Crippen LogP contribution in [0.2, 0.25) is 0 Å². The van der Waals surface area contributed by atoms with Crippen molar-refractivity contribution in [2.75, 3.05) is 7.05 Å². The van der Waals surface area contributed by atoms with Crippen molar-refractivity contribution in [1.29, 1.82) is 0 Å². The summed E-state index contributed by atoms with van der Waals surface area (Å²) in [5.41, 5.74) is 10.6. The number of nitrogens with zero attached hydrogens (tertiary/aromatic N) is 7. The number of para-hydroxylation sites is 3. The summed E-state index contributed by atoms with van der Waals surface area (Å²) in [6.45, 7) is 20.0. The van der Waals surface area contributed by atoms with E-state index in [-0.39, 0.29) is 37.3 Å². The van der Waals surface area contributed by atoms with E-state index in [1.54, 1.807) is 0 Å². The van der Waals surface area contributed by atoms with E-state index in [1.165, 1.54) is 16.7 Å². The summed E-state index contributed by atoms with van der Waals surface area (Å²) < 4.78 is 13.2. The van der Waals surface area contributed by atoms with Crippen molar-refractivity contribution in [2.24, 2.45) is 0 Å². The summed E-state index contributed by atoms with van der Waals surface area (Å²) in [7, 11) is 2.00. The summed E-state index contributed by atoms with van der Waals surface area (Å²) >= 11 is 0. The van der Waals surface area contributed by atoms with E-state index in [2.05, 4.69) is 188 Å². The number of pyridine rings is 1. The third-order valence-corrected chi connectivity index (χ3v) is 12.4. The summed E-state index contributed by atoms with van der Waals surface area (Å²) in [5, 5.41) is 2.00. The van der Waals surface area contributed by atoms with Gasteiger partial charge in [-0.2, -0.15) is 6.07 Å². The molecule has 0 bridgehead atoms. The first kappa shape index (κ1) is 45.3. The Labute approximate surface area is 407 Å². The first-order valence-electron chi connectivity index (χ1n) is 22.5. The SMILES string of the molecule is C[N+]1=C=[N+](c2[c-]c(Oc3[c-]c4c(cc3-c3nc(-c5ccc(C(C)(C)C)cc5)nc(-c5ccc(C(C)(C)C)cc5)n3)c3ccccc3n4-c3cc(C(C)(C)C)ccn3)ccc2)c2ccccc21.[Pt+2]. The van der Waals surface area contributed by atoms with Crippen LogP contribution in [0.4, 0.5) is 17.1 Å². The molecule has 10 rings (SSSR count). The van der Waals surface area contributed by atoms with Gasteiger partial charge in [0.15, 0.2) is 18.7 Å². The van der Waals surface area contributed by atoms with Crippen LogP contribution < -0.4 is 9.31 Å². The maximum Gasteiger partial charge on any atom is 2.00 e. The van der Waals surface area contributed by atoms with Crippen LogP contribution in [0.1, 0.15) is 79.0 Å². The van der Waals surface area contributed by atoms with Crippen molar-refractivity contribution >= 4 is 44.9 Å². The number of hydrogen-bond donors (Lipinski definition) is 0. The molecule has 0 aliphatic carbocycles. The normalized spacial score (nSPS) is 12.7. The number of rotatable bonds is 7. The largest absolute Gasteiger partial charge is 2.00 e. The van der Waals surface area contributed by atoms with Crippen LogP contribution in [-0.2, 0) is 37.3 Å². The molecule has 0 N–H and O–H groups in total. The molecule has 0 saturated heterocycles. The molecule has 67 heavy (non-hydrogen) atoms. The van der Waals surface area contributed by atoms with Crippen LogP contribution in [0.5, 0.6) is 11.5 Å². The van der Waals surface area contributed by atoms with Crippen LogP contribution in [0.25, 0.3) is 61.8 Å². The van der Waals surface area contributed by atoms with E-state index in [4.69, 9.17) is 24.7 Å². The van der Waals surface area contributed by atoms with Gasteiger partial charge in [0.05, 0.1) is 0 Å². The number of fused-ring (bicyclic) bond motifs is 4. The van der Waals surface area contributed by atoms with Crippen LogP contribution in [0.15, 0.2) is 140 Å². The monoisotopic (exact) mass is 1060 g/mol. The molecule has 9 heteroatoms. The van der Waals surface area contributed by atoms with Crippen molar-refractivity contribution < 1.29 is 30.4 Å². The second kappa shape index (κ2) is 17.1. The van der Waals surface area contributed by atoms with E-state index in [0.29, 0.717) is 34.5 Å². The van der Waals surface area contributed by atoms with E-state index in [1.807, 2.05) is 52.7 Å². The van der Waals surface area contributed by atoms with Crippen molar-refractivity contribution in [2.45, 2.75) is 78.6 Å². The molecule has 0 amide bonds. The molecule has 0 spiro atoms. The summed E-state index contributed by atoms with van der Waals surface area (Å²) in [4.78, 5) is 20.7. The summed E-state index contributed by atoms with van der Waals surface area (Å²) in [6.07, 6.45) is 1.89. The second-order valence-electron chi connectivity index (χ2n) is 20.2. The number of benzene rings is 6. The molecule has 4 heterocycles. The van der Waals surface area contributed by atoms with Crippen molar-refractivity contribution in [1.82, 2.24) is 29.1 Å². The Balaban J connectivity index is 0.00000562. The first-order valence-corrected chi connectivity index (χ1v) is 22.5. The molecule has 9 aromatic rings. The van der Waals surface area contributed by atoms with E-state index in [9.17, 15) is 0 Å². The van der Waals surface area contributed by atoms with Gasteiger partial charge in [-0.3, -0.25) is 0 Å². The molecule has 3 aromatic heterocycles. The Morgan fingerprint density at radius 1 is 0.567 bits per heavy atom. The minimum Gasteiger partial charge on any atom is -0.508 e. The Kier molecular flexibility index (Phi) is 11.6. The minimum atomic E-state index is -0.0871. The summed E-state index contributed by atoms with van der Waals surface area (Å²) in [6, 6.07) is 56.8. The fourth-order valence-corrected chi connectivity index (χ4v) is 8.52.